The number of furan rings is 1. The molecule has 3 aromatic rings. The maximum atomic E-state index is 12.4. The molecule has 3 rings (SSSR count). The number of esters is 1. The van der Waals surface area contributed by atoms with Crippen molar-refractivity contribution < 1.29 is 27.2 Å². The molecule has 0 aliphatic rings. The van der Waals surface area contributed by atoms with Crippen molar-refractivity contribution >= 4 is 33.1 Å². The van der Waals surface area contributed by atoms with Crippen molar-refractivity contribution in [3.05, 3.63) is 76.4 Å². The SMILES string of the molecule is O=C(OCC(=O)c1cccs1)c1cccc(S(=O)(=O)NCc2ccco2)c1. The number of hydrogen-bond donors (Lipinski definition) is 1. The van der Waals surface area contributed by atoms with Crippen molar-refractivity contribution in [3.8, 4) is 0 Å². The van der Waals surface area contributed by atoms with E-state index in [4.69, 9.17) is 9.15 Å². The van der Waals surface area contributed by atoms with Gasteiger partial charge in [-0.1, -0.05) is 12.1 Å². The molecule has 2 aromatic heterocycles. The van der Waals surface area contributed by atoms with Crippen LogP contribution in [0.4, 0.5) is 0 Å². The molecule has 0 aliphatic carbocycles. The summed E-state index contributed by atoms with van der Waals surface area (Å²) >= 11 is 1.25. The van der Waals surface area contributed by atoms with Crippen LogP contribution in [0.25, 0.3) is 0 Å². The zero-order valence-electron chi connectivity index (χ0n) is 14.0. The minimum atomic E-state index is -3.84. The first-order chi connectivity index (χ1) is 13.0. The first-order valence-electron chi connectivity index (χ1n) is 7.81. The number of ketones is 1. The summed E-state index contributed by atoms with van der Waals surface area (Å²) in [5.41, 5.74) is 0.0369. The maximum Gasteiger partial charge on any atom is 0.338 e. The lowest BCUT2D eigenvalue weighted by atomic mass is 10.2. The summed E-state index contributed by atoms with van der Waals surface area (Å²) in [5.74, 6) is -0.633. The van der Waals surface area contributed by atoms with Gasteiger partial charge in [-0.3, -0.25) is 4.79 Å². The van der Waals surface area contributed by atoms with Crippen molar-refractivity contribution in [3.63, 3.8) is 0 Å². The molecule has 0 radical (unpaired) electrons. The normalized spacial score (nSPS) is 11.3. The summed E-state index contributed by atoms with van der Waals surface area (Å²) in [6, 6.07) is 12.1. The molecule has 0 unspecified atom stereocenters. The molecular weight excluding hydrogens is 390 g/mol. The molecule has 1 N–H and O–H groups in total. The van der Waals surface area contributed by atoms with Crippen LogP contribution >= 0.6 is 11.3 Å². The van der Waals surface area contributed by atoms with Crippen molar-refractivity contribution in [1.29, 1.82) is 0 Å². The monoisotopic (exact) mass is 405 g/mol. The van der Waals surface area contributed by atoms with Gasteiger partial charge in [0.1, 0.15) is 5.76 Å². The largest absolute Gasteiger partial charge is 0.468 e. The van der Waals surface area contributed by atoms with Crippen molar-refractivity contribution in [2.24, 2.45) is 0 Å². The Morgan fingerprint density at radius 3 is 2.67 bits per heavy atom. The smallest absolute Gasteiger partial charge is 0.338 e. The van der Waals surface area contributed by atoms with Gasteiger partial charge in [0.15, 0.2) is 6.61 Å². The molecule has 1 aromatic carbocycles. The Morgan fingerprint density at radius 2 is 1.96 bits per heavy atom. The Labute approximate surface area is 159 Å². The fourth-order valence-electron chi connectivity index (χ4n) is 2.18. The number of carbonyl (C=O) groups is 2. The number of Topliss-reactive ketones (excluding diaryl/α,β-unsaturated/α-hetero) is 1. The van der Waals surface area contributed by atoms with Gasteiger partial charge in [-0.2, -0.15) is 0 Å². The number of rotatable bonds is 8. The van der Waals surface area contributed by atoms with Gasteiger partial charge in [-0.25, -0.2) is 17.9 Å². The summed E-state index contributed by atoms with van der Waals surface area (Å²) in [5, 5.41) is 1.75. The second-order valence-corrected chi connectivity index (χ2v) is 8.12. The third kappa shape index (κ3) is 4.91. The average Bonchev–Trinajstić information content (AvgIpc) is 3.38. The third-order valence-electron chi connectivity index (χ3n) is 3.53. The Morgan fingerprint density at radius 1 is 1.11 bits per heavy atom. The van der Waals surface area contributed by atoms with E-state index in [2.05, 4.69) is 4.72 Å². The molecule has 0 bridgehead atoms. The van der Waals surface area contributed by atoms with Crippen LogP contribution in [0.2, 0.25) is 0 Å². The number of thiophene rings is 1. The summed E-state index contributed by atoms with van der Waals surface area (Å²) in [4.78, 5) is 24.4. The van der Waals surface area contributed by atoms with Gasteiger partial charge < -0.3 is 9.15 Å². The quantitative estimate of drug-likeness (QED) is 0.457. The Bertz CT molecular complexity index is 1020. The summed E-state index contributed by atoms with van der Waals surface area (Å²) in [6.45, 7) is -0.424. The second-order valence-electron chi connectivity index (χ2n) is 5.41. The molecule has 0 amide bonds. The van der Waals surface area contributed by atoms with E-state index in [1.165, 1.54) is 41.9 Å². The van der Waals surface area contributed by atoms with Gasteiger partial charge in [0.05, 0.1) is 28.1 Å². The Kier molecular flexibility index (Phi) is 5.84. The van der Waals surface area contributed by atoms with Crippen LogP contribution in [0.1, 0.15) is 25.8 Å². The predicted octanol–water partition coefficient (Wildman–Crippen LogP) is 2.86. The first kappa shape index (κ1) is 19.0. The molecule has 7 nitrogen and oxygen atoms in total. The summed E-state index contributed by atoms with van der Waals surface area (Å²) in [7, 11) is -3.84. The molecule has 0 spiro atoms. The number of ether oxygens (including phenoxy) is 1. The highest BCUT2D eigenvalue weighted by Gasteiger charge is 2.18. The zero-order valence-corrected chi connectivity index (χ0v) is 15.6. The van der Waals surface area contributed by atoms with Crippen LogP contribution in [0.3, 0.4) is 0 Å². The van der Waals surface area contributed by atoms with Gasteiger partial charge in [0.25, 0.3) is 0 Å². The molecule has 0 aliphatic heterocycles. The lowest BCUT2D eigenvalue weighted by Crippen LogP contribution is -2.23. The van der Waals surface area contributed by atoms with Crippen molar-refractivity contribution in [2.45, 2.75) is 11.4 Å². The molecule has 0 saturated heterocycles. The van der Waals surface area contributed by atoms with E-state index in [0.29, 0.717) is 10.6 Å². The van der Waals surface area contributed by atoms with Gasteiger partial charge in [-0.05, 0) is 41.8 Å². The Hall–Kier alpha value is -2.75. The molecule has 0 saturated carbocycles. The molecule has 27 heavy (non-hydrogen) atoms. The molecule has 140 valence electrons. The third-order valence-corrected chi connectivity index (χ3v) is 5.84. The number of hydrogen-bond acceptors (Lipinski definition) is 7. The van der Waals surface area contributed by atoms with Gasteiger partial charge in [0, 0.05) is 0 Å². The highest BCUT2D eigenvalue weighted by atomic mass is 32.2. The van der Waals surface area contributed by atoms with E-state index < -0.39 is 22.6 Å². The van der Waals surface area contributed by atoms with Crippen LogP contribution in [0, 0.1) is 0 Å². The lowest BCUT2D eigenvalue weighted by molar-refractivity contribution is 0.0475. The summed E-state index contributed by atoms with van der Waals surface area (Å²) < 4.78 is 37.2. The van der Waals surface area contributed by atoms with E-state index in [1.807, 2.05) is 0 Å². The fraction of sp³-hybridized carbons (Fsp3) is 0.111. The van der Waals surface area contributed by atoms with E-state index in [-0.39, 0.29) is 22.8 Å². The minimum absolute atomic E-state index is 0.0146. The van der Waals surface area contributed by atoms with E-state index in [1.54, 1.807) is 29.6 Å². The van der Waals surface area contributed by atoms with Crippen LogP contribution in [0.5, 0.6) is 0 Å². The standard InChI is InChI=1S/C18H15NO6S2/c20-16(17-7-3-9-26-17)12-25-18(21)13-4-1-6-15(10-13)27(22,23)19-11-14-5-2-8-24-14/h1-10,19H,11-12H2. The van der Waals surface area contributed by atoms with Crippen molar-refractivity contribution in [1.82, 2.24) is 4.72 Å². The van der Waals surface area contributed by atoms with E-state index in [0.717, 1.165) is 0 Å². The molecule has 9 heteroatoms. The number of sulfonamides is 1. The highest BCUT2D eigenvalue weighted by molar-refractivity contribution is 7.89. The first-order valence-corrected chi connectivity index (χ1v) is 10.2. The van der Waals surface area contributed by atoms with Gasteiger partial charge in [-0.15, -0.1) is 11.3 Å². The minimum Gasteiger partial charge on any atom is -0.468 e. The topological polar surface area (TPSA) is 103 Å². The number of nitrogens with one attached hydrogen (secondary N) is 1. The lowest BCUT2D eigenvalue weighted by Gasteiger charge is -2.08. The fourth-order valence-corrected chi connectivity index (χ4v) is 3.87. The Balaban J connectivity index is 1.65. The maximum absolute atomic E-state index is 12.4. The van der Waals surface area contributed by atoms with Crippen molar-refractivity contribution in [2.75, 3.05) is 6.61 Å². The van der Waals surface area contributed by atoms with Crippen LogP contribution < -0.4 is 4.72 Å². The average molecular weight is 405 g/mol. The van der Waals surface area contributed by atoms with Gasteiger partial charge >= 0.3 is 5.97 Å². The zero-order chi connectivity index (χ0) is 19.3. The molecular formula is C18H15NO6S2. The molecule has 2 heterocycles. The van der Waals surface area contributed by atoms with E-state index >= 15 is 0 Å². The van der Waals surface area contributed by atoms with Crippen LogP contribution in [-0.2, 0) is 21.3 Å². The van der Waals surface area contributed by atoms with Crippen LogP contribution in [0.15, 0.2) is 69.5 Å². The van der Waals surface area contributed by atoms with E-state index in [9.17, 15) is 18.0 Å². The second kappa shape index (κ2) is 8.30. The number of benzene rings is 1. The van der Waals surface area contributed by atoms with Gasteiger partial charge in [0.2, 0.25) is 15.8 Å². The highest BCUT2D eigenvalue weighted by Crippen LogP contribution is 2.14. The molecule has 0 fully saturated rings. The predicted molar refractivity (Wildman–Crippen MR) is 98.1 cm³/mol. The summed E-state index contributed by atoms with van der Waals surface area (Å²) in [6.07, 6.45) is 1.44. The number of carbonyl (C=O) groups excluding carboxylic acids is 2. The van der Waals surface area contributed by atoms with Crippen LogP contribution in [-0.4, -0.2) is 26.8 Å². The molecule has 0 atom stereocenters.